The molecular formula is C10H10N6OS. The molecule has 3 aromatic rings. The molecule has 8 heteroatoms. The van der Waals surface area contributed by atoms with Crippen molar-refractivity contribution in [1.29, 1.82) is 0 Å². The van der Waals surface area contributed by atoms with Gasteiger partial charge in [0, 0.05) is 25.2 Å². The molecule has 0 aliphatic heterocycles. The summed E-state index contributed by atoms with van der Waals surface area (Å²) in [4.78, 5) is 8.54. The normalized spacial score (nSPS) is 11.0. The van der Waals surface area contributed by atoms with Crippen molar-refractivity contribution in [3.63, 3.8) is 0 Å². The first-order chi connectivity index (χ1) is 8.76. The van der Waals surface area contributed by atoms with Crippen molar-refractivity contribution in [3.05, 3.63) is 22.7 Å². The van der Waals surface area contributed by atoms with Gasteiger partial charge in [0.2, 0.25) is 5.82 Å². The highest BCUT2D eigenvalue weighted by molar-refractivity contribution is 7.09. The molecule has 0 aromatic carbocycles. The van der Waals surface area contributed by atoms with Crippen LogP contribution < -0.4 is 5.73 Å². The van der Waals surface area contributed by atoms with Gasteiger partial charge in [0.25, 0.3) is 5.89 Å². The Kier molecular flexibility index (Phi) is 2.65. The Bertz CT molecular complexity index is 669. The van der Waals surface area contributed by atoms with Gasteiger partial charge in [0.05, 0.1) is 0 Å². The molecule has 18 heavy (non-hydrogen) atoms. The van der Waals surface area contributed by atoms with Crippen LogP contribution in [0.15, 0.2) is 22.2 Å². The molecule has 0 saturated heterocycles. The van der Waals surface area contributed by atoms with Crippen LogP contribution in [0.4, 0.5) is 0 Å². The van der Waals surface area contributed by atoms with Crippen molar-refractivity contribution in [1.82, 2.24) is 24.9 Å². The lowest BCUT2D eigenvalue weighted by Gasteiger charge is -1.85. The fraction of sp³-hybridized carbons (Fsp3) is 0.200. The van der Waals surface area contributed by atoms with E-state index in [9.17, 15) is 0 Å². The average Bonchev–Trinajstić information content (AvgIpc) is 3.07. The molecule has 0 aliphatic rings. The number of thiazole rings is 1. The Labute approximate surface area is 106 Å². The van der Waals surface area contributed by atoms with E-state index in [2.05, 4.69) is 20.2 Å². The quantitative estimate of drug-likeness (QED) is 0.758. The third-order valence-corrected chi connectivity index (χ3v) is 3.19. The number of rotatable bonds is 3. The molecule has 3 rings (SSSR count). The Morgan fingerprint density at radius 1 is 1.39 bits per heavy atom. The standard InChI is InChI=1S/C10H10N6OS/c1-16-3-2-6(14-16)9-13-10(17-15-9)7-5-18-8(4-11)12-7/h2-3,5H,4,11H2,1H3. The van der Waals surface area contributed by atoms with Crippen LogP contribution in [0.25, 0.3) is 23.1 Å². The second-order valence-corrected chi connectivity index (χ2v) is 4.57. The Hall–Kier alpha value is -2.06. The van der Waals surface area contributed by atoms with Gasteiger partial charge in [-0.1, -0.05) is 5.16 Å². The van der Waals surface area contributed by atoms with Gasteiger partial charge in [0.15, 0.2) is 0 Å². The maximum absolute atomic E-state index is 5.51. The Morgan fingerprint density at radius 2 is 2.28 bits per heavy atom. The second kappa shape index (κ2) is 4.31. The third kappa shape index (κ3) is 1.91. The zero-order chi connectivity index (χ0) is 12.5. The van der Waals surface area contributed by atoms with E-state index in [4.69, 9.17) is 10.3 Å². The van der Waals surface area contributed by atoms with Crippen LogP contribution in [0.2, 0.25) is 0 Å². The highest BCUT2D eigenvalue weighted by Gasteiger charge is 2.14. The van der Waals surface area contributed by atoms with E-state index in [1.54, 1.807) is 4.68 Å². The highest BCUT2D eigenvalue weighted by Crippen LogP contribution is 2.22. The van der Waals surface area contributed by atoms with Crippen molar-refractivity contribution >= 4 is 11.3 Å². The number of hydrogen-bond donors (Lipinski definition) is 1. The molecular weight excluding hydrogens is 252 g/mol. The van der Waals surface area contributed by atoms with Gasteiger partial charge >= 0.3 is 0 Å². The summed E-state index contributed by atoms with van der Waals surface area (Å²) in [7, 11) is 1.83. The van der Waals surface area contributed by atoms with Gasteiger partial charge < -0.3 is 10.3 Å². The zero-order valence-electron chi connectivity index (χ0n) is 9.57. The van der Waals surface area contributed by atoms with Crippen LogP contribution in [-0.2, 0) is 13.6 Å². The third-order valence-electron chi connectivity index (χ3n) is 2.31. The Morgan fingerprint density at radius 3 is 2.94 bits per heavy atom. The Balaban J connectivity index is 1.93. The molecule has 0 amide bonds. The molecule has 0 aliphatic carbocycles. The minimum Gasteiger partial charge on any atom is -0.332 e. The van der Waals surface area contributed by atoms with E-state index in [1.807, 2.05) is 24.7 Å². The molecule has 0 radical (unpaired) electrons. The lowest BCUT2D eigenvalue weighted by molar-refractivity contribution is 0.431. The molecule has 0 saturated carbocycles. The molecule has 2 N–H and O–H groups in total. The molecule has 0 unspecified atom stereocenters. The SMILES string of the molecule is Cn1ccc(-c2noc(-c3csc(CN)n3)n2)n1. The van der Waals surface area contributed by atoms with Crippen LogP contribution in [0, 0.1) is 0 Å². The van der Waals surface area contributed by atoms with Gasteiger partial charge in [-0.25, -0.2) is 4.98 Å². The summed E-state index contributed by atoms with van der Waals surface area (Å²) < 4.78 is 6.85. The largest absolute Gasteiger partial charge is 0.332 e. The first-order valence-corrected chi connectivity index (χ1v) is 6.13. The van der Waals surface area contributed by atoms with Gasteiger partial charge in [-0.2, -0.15) is 10.1 Å². The summed E-state index contributed by atoms with van der Waals surface area (Å²) >= 11 is 1.47. The number of hydrogen-bond acceptors (Lipinski definition) is 7. The highest BCUT2D eigenvalue weighted by atomic mass is 32.1. The van der Waals surface area contributed by atoms with Crippen molar-refractivity contribution in [2.24, 2.45) is 12.8 Å². The predicted octanol–water partition coefficient (Wildman–Crippen LogP) is 1.05. The maximum Gasteiger partial charge on any atom is 0.277 e. The molecule has 92 valence electrons. The average molecular weight is 262 g/mol. The predicted molar refractivity (Wildman–Crippen MR) is 65.5 cm³/mol. The minimum atomic E-state index is 0.381. The smallest absolute Gasteiger partial charge is 0.277 e. The molecule has 3 heterocycles. The molecule has 7 nitrogen and oxygen atoms in total. The van der Waals surface area contributed by atoms with Crippen LogP contribution >= 0.6 is 11.3 Å². The fourth-order valence-corrected chi connectivity index (χ4v) is 2.12. The lowest BCUT2D eigenvalue weighted by Crippen LogP contribution is -1.94. The number of aryl methyl sites for hydroxylation is 1. The minimum absolute atomic E-state index is 0.381. The summed E-state index contributed by atoms with van der Waals surface area (Å²) in [6, 6.07) is 1.82. The van der Waals surface area contributed by atoms with E-state index in [0.29, 0.717) is 29.6 Å². The molecule has 0 spiro atoms. The summed E-state index contributed by atoms with van der Waals surface area (Å²) in [5, 5.41) is 10.8. The number of aromatic nitrogens is 5. The van der Waals surface area contributed by atoms with E-state index in [-0.39, 0.29) is 0 Å². The first-order valence-electron chi connectivity index (χ1n) is 5.25. The summed E-state index contributed by atoms with van der Waals surface area (Å²) in [5.41, 5.74) is 6.83. The van der Waals surface area contributed by atoms with Gasteiger partial charge in [-0.15, -0.1) is 11.3 Å². The molecule has 3 aromatic heterocycles. The first kappa shape index (κ1) is 11.1. The fourth-order valence-electron chi connectivity index (χ4n) is 1.47. The van der Waals surface area contributed by atoms with Gasteiger partial charge in [0.1, 0.15) is 16.4 Å². The monoisotopic (exact) mass is 262 g/mol. The summed E-state index contributed by atoms with van der Waals surface area (Å²) in [5.74, 6) is 0.833. The molecule has 0 fully saturated rings. The van der Waals surface area contributed by atoms with Gasteiger partial charge in [-0.3, -0.25) is 4.68 Å². The number of nitrogens with two attached hydrogens (primary N) is 1. The summed E-state index contributed by atoms with van der Waals surface area (Å²) in [6.45, 7) is 0.409. The van der Waals surface area contributed by atoms with Crippen molar-refractivity contribution in [3.8, 4) is 23.1 Å². The maximum atomic E-state index is 5.51. The van der Waals surface area contributed by atoms with E-state index >= 15 is 0 Å². The second-order valence-electron chi connectivity index (χ2n) is 3.63. The van der Waals surface area contributed by atoms with E-state index < -0.39 is 0 Å². The van der Waals surface area contributed by atoms with Crippen LogP contribution in [-0.4, -0.2) is 24.9 Å². The van der Waals surface area contributed by atoms with Crippen molar-refractivity contribution < 1.29 is 4.52 Å². The van der Waals surface area contributed by atoms with Crippen LogP contribution in [0.3, 0.4) is 0 Å². The van der Waals surface area contributed by atoms with Gasteiger partial charge in [-0.05, 0) is 6.07 Å². The van der Waals surface area contributed by atoms with Crippen molar-refractivity contribution in [2.75, 3.05) is 0 Å². The molecule has 0 atom stereocenters. The number of nitrogens with zero attached hydrogens (tertiary/aromatic N) is 5. The van der Waals surface area contributed by atoms with Crippen molar-refractivity contribution in [2.45, 2.75) is 6.54 Å². The zero-order valence-corrected chi connectivity index (χ0v) is 10.4. The van der Waals surface area contributed by atoms with Crippen LogP contribution in [0.5, 0.6) is 0 Å². The van der Waals surface area contributed by atoms with E-state index in [1.165, 1.54) is 11.3 Å². The van der Waals surface area contributed by atoms with Crippen LogP contribution in [0.1, 0.15) is 5.01 Å². The lowest BCUT2D eigenvalue weighted by atomic mass is 10.4. The van der Waals surface area contributed by atoms with E-state index in [0.717, 1.165) is 5.01 Å². The molecule has 0 bridgehead atoms. The summed E-state index contributed by atoms with van der Waals surface area (Å²) in [6.07, 6.45) is 1.82. The topological polar surface area (TPSA) is 95.7 Å².